The summed E-state index contributed by atoms with van der Waals surface area (Å²) in [4.78, 5) is 0. The highest BCUT2D eigenvalue weighted by molar-refractivity contribution is 5.32. The van der Waals surface area contributed by atoms with Crippen molar-refractivity contribution in [2.75, 3.05) is 19.8 Å². The predicted octanol–water partition coefficient (Wildman–Crippen LogP) is 4.13. The van der Waals surface area contributed by atoms with Crippen LogP contribution in [0.4, 0.5) is 4.39 Å². The van der Waals surface area contributed by atoms with E-state index in [9.17, 15) is 4.39 Å². The molecule has 4 heteroatoms. The number of rotatable bonds is 9. The van der Waals surface area contributed by atoms with Gasteiger partial charge in [-0.25, -0.2) is 4.39 Å². The zero-order valence-electron chi connectivity index (χ0n) is 13.5. The molecule has 0 saturated heterocycles. The van der Waals surface area contributed by atoms with Crippen molar-refractivity contribution in [1.29, 1.82) is 0 Å². The summed E-state index contributed by atoms with van der Waals surface area (Å²) in [7, 11) is 0. The highest BCUT2D eigenvalue weighted by Gasteiger charge is 2.13. The second-order valence-corrected chi connectivity index (χ2v) is 5.35. The maximum atomic E-state index is 13.8. The molecule has 0 aliphatic carbocycles. The fourth-order valence-corrected chi connectivity index (χ4v) is 2.55. The number of nitrogens with two attached hydrogens (primary N) is 1. The molecule has 0 saturated carbocycles. The molecular weight excluding hydrogens is 293 g/mol. The SMILES string of the molecule is CCOc1cccc(OCCCC(CN)c2ccccc2F)c1. The molecule has 3 nitrogen and oxygen atoms in total. The van der Waals surface area contributed by atoms with Gasteiger partial charge in [0.25, 0.3) is 0 Å². The largest absolute Gasteiger partial charge is 0.494 e. The van der Waals surface area contributed by atoms with E-state index in [1.165, 1.54) is 6.07 Å². The topological polar surface area (TPSA) is 44.5 Å². The van der Waals surface area contributed by atoms with Gasteiger partial charge >= 0.3 is 0 Å². The van der Waals surface area contributed by atoms with E-state index in [1.54, 1.807) is 12.1 Å². The van der Waals surface area contributed by atoms with Crippen LogP contribution in [-0.4, -0.2) is 19.8 Å². The fraction of sp³-hybridized carbons (Fsp3) is 0.368. The first-order chi connectivity index (χ1) is 11.2. The Hall–Kier alpha value is -2.07. The maximum Gasteiger partial charge on any atom is 0.126 e. The Balaban J connectivity index is 1.82. The number of hydrogen-bond donors (Lipinski definition) is 1. The van der Waals surface area contributed by atoms with Gasteiger partial charge in [-0.05, 0) is 56.0 Å². The summed E-state index contributed by atoms with van der Waals surface area (Å²) in [6.45, 7) is 3.58. The second kappa shape index (κ2) is 9.16. The van der Waals surface area contributed by atoms with E-state index in [1.807, 2.05) is 37.3 Å². The maximum absolute atomic E-state index is 13.8. The van der Waals surface area contributed by atoms with Gasteiger partial charge in [0.15, 0.2) is 0 Å². The molecule has 124 valence electrons. The van der Waals surface area contributed by atoms with Crippen LogP contribution < -0.4 is 15.2 Å². The highest BCUT2D eigenvalue weighted by atomic mass is 19.1. The molecule has 1 atom stereocenters. The molecule has 0 radical (unpaired) electrons. The van der Waals surface area contributed by atoms with E-state index in [-0.39, 0.29) is 11.7 Å². The van der Waals surface area contributed by atoms with Gasteiger partial charge in [-0.2, -0.15) is 0 Å². The number of benzene rings is 2. The first-order valence-electron chi connectivity index (χ1n) is 8.04. The Morgan fingerprint density at radius 1 is 1.04 bits per heavy atom. The molecule has 2 aromatic rings. The lowest BCUT2D eigenvalue weighted by atomic mass is 9.94. The van der Waals surface area contributed by atoms with E-state index in [0.29, 0.717) is 25.3 Å². The molecular formula is C19H24FNO2. The third-order valence-electron chi connectivity index (χ3n) is 3.71. The molecule has 2 aromatic carbocycles. The van der Waals surface area contributed by atoms with Crippen molar-refractivity contribution in [3.63, 3.8) is 0 Å². The first-order valence-corrected chi connectivity index (χ1v) is 8.04. The standard InChI is InChI=1S/C19H24FNO2/c1-2-22-16-8-5-9-17(13-16)23-12-6-7-15(14-21)18-10-3-4-11-19(18)20/h3-5,8-11,13,15H,2,6-7,12,14,21H2,1H3. The summed E-state index contributed by atoms with van der Waals surface area (Å²) < 4.78 is 25.0. The van der Waals surface area contributed by atoms with E-state index in [0.717, 1.165) is 24.3 Å². The Morgan fingerprint density at radius 2 is 1.78 bits per heavy atom. The van der Waals surface area contributed by atoms with Crippen LogP contribution in [0, 0.1) is 5.82 Å². The van der Waals surface area contributed by atoms with Crippen molar-refractivity contribution in [3.05, 3.63) is 59.9 Å². The van der Waals surface area contributed by atoms with Gasteiger partial charge in [0.1, 0.15) is 17.3 Å². The average molecular weight is 317 g/mol. The van der Waals surface area contributed by atoms with Gasteiger partial charge < -0.3 is 15.2 Å². The fourth-order valence-electron chi connectivity index (χ4n) is 2.55. The summed E-state index contributed by atoms with van der Waals surface area (Å²) >= 11 is 0. The van der Waals surface area contributed by atoms with Crippen molar-refractivity contribution >= 4 is 0 Å². The smallest absolute Gasteiger partial charge is 0.126 e. The number of halogens is 1. The summed E-state index contributed by atoms with van der Waals surface area (Å²) in [5, 5.41) is 0. The van der Waals surface area contributed by atoms with Crippen molar-refractivity contribution in [3.8, 4) is 11.5 Å². The van der Waals surface area contributed by atoms with Gasteiger partial charge in [-0.3, -0.25) is 0 Å². The zero-order chi connectivity index (χ0) is 16.5. The Labute approximate surface area is 137 Å². The van der Waals surface area contributed by atoms with E-state index in [2.05, 4.69) is 0 Å². The van der Waals surface area contributed by atoms with Crippen LogP contribution in [0.3, 0.4) is 0 Å². The van der Waals surface area contributed by atoms with Crippen molar-refractivity contribution in [2.24, 2.45) is 5.73 Å². The van der Waals surface area contributed by atoms with Crippen LogP contribution in [0.2, 0.25) is 0 Å². The Kier molecular flexibility index (Phi) is 6.88. The molecule has 0 spiro atoms. The van der Waals surface area contributed by atoms with E-state index >= 15 is 0 Å². The van der Waals surface area contributed by atoms with Crippen molar-refractivity contribution in [1.82, 2.24) is 0 Å². The van der Waals surface area contributed by atoms with Gasteiger partial charge in [0, 0.05) is 6.07 Å². The lowest BCUT2D eigenvalue weighted by Crippen LogP contribution is -2.15. The van der Waals surface area contributed by atoms with Crippen LogP contribution in [-0.2, 0) is 0 Å². The lowest BCUT2D eigenvalue weighted by Gasteiger charge is -2.16. The van der Waals surface area contributed by atoms with Crippen LogP contribution in [0.15, 0.2) is 48.5 Å². The van der Waals surface area contributed by atoms with Gasteiger partial charge in [-0.15, -0.1) is 0 Å². The molecule has 0 heterocycles. The third kappa shape index (κ3) is 5.25. The lowest BCUT2D eigenvalue weighted by molar-refractivity contribution is 0.296. The van der Waals surface area contributed by atoms with Crippen molar-refractivity contribution < 1.29 is 13.9 Å². The van der Waals surface area contributed by atoms with E-state index < -0.39 is 0 Å². The average Bonchev–Trinajstić information content (AvgIpc) is 2.57. The minimum Gasteiger partial charge on any atom is -0.494 e. The van der Waals surface area contributed by atoms with Gasteiger partial charge in [-0.1, -0.05) is 24.3 Å². The molecule has 0 aliphatic rings. The van der Waals surface area contributed by atoms with Crippen LogP contribution in [0.1, 0.15) is 31.2 Å². The molecule has 0 fully saturated rings. The molecule has 1 unspecified atom stereocenters. The van der Waals surface area contributed by atoms with Gasteiger partial charge in [0.05, 0.1) is 13.2 Å². The summed E-state index contributed by atoms with van der Waals surface area (Å²) in [6, 6.07) is 14.4. The second-order valence-electron chi connectivity index (χ2n) is 5.35. The molecule has 23 heavy (non-hydrogen) atoms. The molecule has 2 rings (SSSR count). The minimum atomic E-state index is -0.187. The third-order valence-corrected chi connectivity index (χ3v) is 3.71. The molecule has 0 bridgehead atoms. The molecule has 0 amide bonds. The highest BCUT2D eigenvalue weighted by Crippen LogP contribution is 2.24. The van der Waals surface area contributed by atoms with Crippen molar-refractivity contribution in [2.45, 2.75) is 25.7 Å². The molecule has 0 aliphatic heterocycles. The summed E-state index contributed by atoms with van der Waals surface area (Å²) in [6.07, 6.45) is 1.61. The Bertz CT molecular complexity index is 603. The van der Waals surface area contributed by atoms with Crippen LogP contribution >= 0.6 is 0 Å². The number of ether oxygens (including phenoxy) is 2. The minimum absolute atomic E-state index is 0.0227. The molecule has 2 N–H and O–H groups in total. The monoisotopic (exact) mass is 317 g/mol. The van der Waals surface area contributed by atoms with Gasteiger partial charge in [0.2, 0.25) is 0 Å². The van der Waals surface area contributed by atoms with E-state index in [4.69, 9.17) is 15.2 Å². The summed E-state index contributed by atoms with van der Waals surface area (Å²) in [5.74, 6) is 1.42. The Morgan fingerprint density at radius 3 is 2.48 bits per heavy atom. The van der Waals surface area contributed by atoms with Crippen LogP contribution in [0.25, 0.3) is 0 Å². The molecule has 0 aromatic heterocycles. The number of hydrogen-bond acceptors (Lipinski definition) is 3. The van der Waals surface area contributed by atoms with Crippen LogP contribution in [0.5, 0.6) is 11.5 Å². The summed E-state index contributed by atoms with van der Waals surface area (Å²) in [5.41, 5.74) is 6.48. The quantitative estimate of drug-likeness (QED) is 0.707. The first kappa shape index (κ1) is 17.3. The zero-order valence-corrected chi connectivity index (χ0v) is 13.5. The normalized spacial score (nSPS) is 12.0. The predicted molar refractivity (Wildman–Crippen MR) is 90.5 cm³/mol.